The van der Waals surface area contributed by atoms with Crippen molar-refractivity contribution in [3.05, 3.63) is 65.7 Å². The van der Waals surface area contributed by atoms with Gasteiger partial charge < -0.3 is 9.80 Å². The molecule has 3 rings (SSSR count). The van der Waals surface area contributed by atoms with Crippen LogP contribution in [0, 0.1) is 24.2 Å². The maximum absolute atomic E-state index is 12.8. The third kappa shape index (κ3) is 6.97. The zero-order valence-electron chi connectivity index (χ0n) is 19.3. The molecule has 0 radical (unpaired) electrons. The molecule has 1 aliphatic rings. The van der Waals surface area contributed by atoms with Gasteiger partial charge in [0.25, 0.3) is 5.91 Å². The Bertz CT molecular complexity index is 1020. The number of benzene rings is 2. The summed E-state index contributed by atoms with van der Waals surface area (Å²) in [6.45, 7) is 6.00. The van der Waals surface area contributed by atoms with Crippen LogP contribution in [0.3, 0.4) is 0 Å². The number of carbonyl (C=O) groups is 2. The first-order valence-electron chi connectivity index (χ1n) is 11.5. The van der Waals surface area contributed by atoms with Gasteiger partial charge in [0.2, 0.25) is 5.91 Å². The van der Waals surface area contributed by atoms with E-state index in [9.17, 15) is 9.59 Å². The van der Waals surface area contributed by atoms with E-state index in [1.54, 1.807) is 4.90 Å². The minimum absolute atomic E-state index is 0.0339. The van der Waals surface area contributed by atoms with Crippen molar-refractivity contribution in [3.63, 3.8) is 0 Å². The van der Waals surface area contributed by atoms with Crippen LogP contribution in [0.5, 0.6) is 0 Å². The largest absolute Gasteiger partial charge is 0.336 e. The van der Waals surface area contributed by atoms with Crippen LogP contribution in [0.1, 0.15) is 42.1 Å². The maximum atomic E-state index is 12.8. The lowest BCUT2D eigenvalue weighted by molar-refractivity contribution is -0.118. The number of para-hydroxylation sites is 1. The van der Waals surface area contributed by atoms with Gasteiger partial charge in [0.15, 0.2) is 0 Å². The molecule has 2 amide bonds. The SMILES string of the molecule is C#CCN1CCN(C(=O)c2ccc(C#CCN(C(=O)CCCC)c3ccccc3)cc2)CC1. The monoisotopic (exact) mass is 441 g/mol. The molecule has 0 spiro atoms. The van der Waals surface area contributed by atoms with Crippen LogP contribution in [-0.4, -0.2) is 60.9 Å². The fourth-order valence-electron chi connectivity index (χ4n) is 3.73. The number of nitrogens with zero attached hydrogens (tertiary/aromatic N) is 3. The van der Waals surface area contributed by atoms with E-state index >= 15 is 0 Å². The molecule has 2 aromatic rings. The summed E-state index contributed by atoms with van der Waals surface area (Å²) in [5.74, 6) is 9.02. The fraction of sp³-hybridized carbons (Fsp3) is 0.357. The number of piperazine rings is 1. The van der Waals surface area contributed by atoms with Gasteiger partial charge in [-0.25, -0.2) is 0 Å². The van der Waals surface area contributed by atoms with Crippen LogP contribution in [0.25, 0.3) is 0 Å². The second kappa shape index (κ2) is 12.5. The van der Waals surface area contributed by atoms with Crippen molar-refractivity contribution in [2.45, 2.75) is 26.2 Å². The molecule has 5 heteroatoms. The van der Waals surface area contributed by atoms with Gasteiger partial charge in [-0.1, -0.05) is 49.3 Å². The van der Waals surface area contributed by atoms with Gasteiger partial charge in [-0.3, -0.25) is 14.5 Å². The maximum Gasteiger partial charge on any atom is 0.253 e. The molecule has 0 atom stereocenters. The van der Waals surface area contributed by atoms with Crippen molar-refractivity contribution < 1.29 is 9.59 Å². The molecule has 1 saturated heterocycles. The highest BCUT2D eigenvalue weighted by molar-refractivity contribution is 5.94. The zero-order valence-corrected chi connectivity index (χ0v) is 19.3. The van der Waals surface area contributed by atoms with E-state index in [1.807, 2.05) is 59.5 Å². The normalized spacial score (nSPS) is 13.5. The summed E-state index contributed by atoms with van der Waals surface area (Å²) in [6, 6.07) is 17.0. The van der Waals surface area contributed by atoms with E-state index in [0.29, 0.717) is 38.2 Å². The number of hydrogen-bond donors (Lipinski definition) is 0. The molecule has 0 aromatic heterocycles. The van der Waals surface area contributed by atoms with E-state index in [4.69, 9.17) is 6.42 Å². The van der Waals surface area contributed by atoms with Gasteiger partial charge in [-0.15, -0.1) is 6.42 Å². The number of anilines is 1. The minimum Gasteiger partial charge on any atom is -0.336 e. The quantitative estimate of drug-likeness (QED) is 0.616. The molecular weight excluding hydrogens is 410 g/mol. The van der Waals surface area contributed by atoms with Gasteiger partial charge in [-0.2, -0.15) is 0 Å². The highest BCUT2D eigenvalue weighted by atomic mass is 16.2. The smallest absolute Gasteiger partial charge is 0.253 e. The fourth-order valence-corrected chi connectivity index (χ4v) is 3.73. The molecule has 1 aliphatic heterocycles. The van der Waals surface area contributed by atoms with E-state index in [2.05, 4.69) is 29.6 Å². The van der Waals surface area contributed by atoms with Crippen LogP contribution in [0.15, 0.2) is 54.6 Å². The number of unbranched alkanes of at least 4 members (excludes halogenated alkanes) is 1. The van der Waals surface area contributed by atoms with Crippen LogP contribution >= 0.6 is 0 Å². The number of amides is 2. The summed E-state index contributed by atoms with van der Waals surface area (Å²) < 4.78 is 0. The van der Waals surface area contributed by atoms with Crippen molar-refractivity contribution in [2.75, 3.05) is 44.2 Å². The first kappa shape index (κ1) is 24.1. The first-order chi connectivity index (χ1) is 16.1. The lowest BCUT2D eigenvalue weighted by Gasteiger charge is -2.33. The Morgan fingerprint density at radius 3 is 2.33 bits per heavy atom. The molecule has 1 fully saturated rings. The summed E-state index contributed by atoms with van der Waals surface area (Å²) in [5, 5.41) is 0. The van der Waals surface area contributed by atoms with Crippen LogP contribution in [-0.2, 0) is 4.79 Å². The molecule has 33 heavy (non-hydrogen) atoms. The summed E-state index contributed by atoms with van der Waals surface area (Å²) in [5.41, 5.74) is 2.34. The molecule has 0 N–H and O–H groups in total. The number of carbonyl (C=O) groups excluding carboxylic acids is 2. The Hall–Kier alpha value is -3.54. The van der Waals surface area contributed by atoms with Crippen LogP contribution in [0.2, 0.25) is 0 Å². The topological polar surface area (TPSA) is 43.9 Å². The average molecular weight is 442 g/mol. The summed E-state index contributed by atoms with van der Waals surface area (Å²) >= 11 is 0. The van der Waals surface area contributed by atoms with E-state index in [1.165, 1.54) is 0 Å². The van der Waals surface area contributed by atoms with Gasteiger partial charge in [-0.05, 0) is 42.8 Å². The molecular formula is C28H31N3O2. The molecule has 0 aliphatic carbocycles. The van der Waals surface area contributed by atoms with Crippen molar-refractivity contribution >= 4 is 17.5 Å². The molecule has 170 valence electrons. The Morgan fingerprint density at radius 1 is 1.00 bits per heavy atom. The van der Waals surface area contributed by atoms with Crippen molar-refractivity contribution in [2.24, 2.45) is 0 Å². The second-order valence-corrected chi connectivity index (χ2v) is 8.07. The third-order valence-electron chi connectivity index (χ3n) is 5.69. The van der Waals surface area contributed by atoms with Crippen molar-refractivity contribution in [3.8, 4) is 24.2 Å². The van der Waals surface area contributed by atoms with Gasteiger partial charge in [0.1, 0.15) is 0 Å². The summed E-state index contributed by atoms with van der Waals surface area (Å²) in [4.78, 5) is 31.2. The average Bonchev–Trinajstić information content (AvgIpc) is 2.86. The highest BCUT2D eigenvalue weighted by Gasteiger charge is 2.21. The van der Waals surface area contributed by atoms with E-state index < -0.39 is 0 Å². The molecule has 1 heterocycles. The molecule has 0 unspecified atom stereocenters. The first-order valence-corrected chi connectivity index (χ1v) is 11.5. The zero-order chi connectivity index (χ0) is 23.5. The third-order valence-corrected chi connectivity index (χ3v) is 5.69. The molecule has 0 saturated carbocycles. The molecule has 0 bridgehead atoms. The van der Waals surface area contributed by atoms with Crippen LogP contribution < -0.4 is 4.90 Å². The lowest BCUT2D eigenvalue weighted by Crippen LogP contribution is -2.48. The van der Waals surface area contributed by atoms with Crippen LogP contribution in [0.4, 0.5) is 5.69 Å². The van der Waals surface area contributed by atoms with Gasteiger partial charge in [0, 0.05) is 49.4 Å². The standard InChI is InChI=1S/C28H31N3O2/c1-3-5-13-27(32)31(26-11-7-6-8-12-26)19-9-10-24-14-16-25(17-15-24)28(33)30-22-20-29(18-4-2)21-23-30/h2,6-8,11-12,14-17H,3,5,13,18-23H2,1H3. The molecule has 5 nitrogen and oxygen atoms in total. The Labute approximate surface area is 197 Å². The second-order valence-electron chi connectivity index (χ2n) is 8.07. The lowest BCUT2D eigenvalue weighted by atomic mass is 10.1. The Balaban J connectivity index is 1.61. The van der Waals surface area contributed by atoms with E-state index in [-0.39, 0.29) is 11.8 Å². The van der Waals surface area contributed by atoms with Gasteiger partial charge >= 0.3 is 0 Å². The van der Waals surface area contributed by atoms with E-state index in [0.717, 1.165) is 37.2 Å². The number of rotatable bonds is 7. The minimum atomic E-state index is 0.0339. The number of hydrogen-bond acceptors (Lipinski definition) is 3. The molecule has 2 aromatic carbocycles. The predicted octanol–water partition coefficient (Wildman–Crippen LogP) is 3.65. The van der Waals surface area contributed by atoms with Crippen molar-refractivity contribution in [1.82, 2.24) is 9.80 Å². The summed E-state index contributed by atoms with van der Waals surface area (Å²) in [7, 11) is 0. The summed E-state index contributed by atoms with van der Waals surface area (Å²) in [6.07, 6.45) is 7.73. The Morgan fingerprint density at radius 2 is 1.70 bits per heavy atom. The Kier molecular flexibility index (Phi) is 9.12. The highest BCUT2D eigenvalue weighted by Crippen LogP contribution is 2.15. The predicted molar refractivity (Wildman–Crippen MR) is 133 cm³/mol. The number of terminal acetylenes is 1. The van der Waals surface area contributed by atoms with Crippen molar-refractivity contribution in [1.29, 1.82) is 0 Å². The van der Waals surface area contributed by atoms with Gasteiger partial charge in [0.05, 0.1) is 13.1 Å².